The molecule has 134 valence electrons. The monoisotopic (exact) mass is 421 g/mol. The predicted molar refractivity (Wildman–Crippen MR) is 107 cm³/mol. The Kier molecular flexibility index (Phi) is 4.68. The number of rotatable bonds is 4. The van der Waals surface area contributed by atoms with Crippen molar-refractivity contribution >= 4 is 32.9 Å². The standard InChI is InChI=1S/C20H16BrN5O/c1-12(13-5-3-2-4-6-13)26-20(27)19-22-8-14(9-23-19)17-11-25-18-16(17)7-15(21)10-24-18/h2-12H,1H3,(H,24,25)(H,26,27). The third-order valence-electron chi connectivity index (χ3n) is 4.31. The van der Waals surface area contributed by atoms with Gasteiger partial charge in [-0.2, -0.15) is 0 Å². The number of amides is 1. The molecule has 4 aromatic rings. The van der Waals surface area contributed by atoms with Gasteiger partial charge in [0.2, 0.25) is 5.82 Å². The van der Waals surface area contributed by atoms with E-state index >= 15 is 0 Å². The van der Waals surface area contributed by atoms with Crippen molar-refractivity contribution in [1.29, 1.82) is 0 Å². The quantitative estimate of drug-likeness (QED) is 0.515. The highest BCUT2D eigenvalue weighted by molar-refractivity contribution is 9.10. The fourth-order valence-electron chi connectivity index (χ4n) is 2.89. The number of hydrogen-bond acceptors (Lipinski definition) is 4. The van der Waals surface area contributed by atoms with Gasteiger partial charge in [-0.05, 0) is 34.5 Å². The summed E-state index contributed by atoms with van der Waals surface area (Å²) in [5.41, 5.74) is 3.56. The highest BCUT2D eigenvalue weighted by Gasteiger charge is 2.15. The van der Waals surface area contributed by atoms with Gasteiger partial charge in [0, 0.05) is 45.8 Å². The maximum atomic E-state index is 12.4. The molecular weight excluding hydrogens is 406 g/mol. The Bertz CT molecular complexity index is 1090. The van der Waals surface area contributed by atoms with E-state index in [2.05, 4.69) is 41.2 Å². The van der Waals surface area contributed by atoms with Crippen molar-refractivity contribution in [1.82, 2.24) is 25.3 Å². The van der Waals surface area contributed by atoms with Crippen molar-refractivity contribution in [3.63, 3.8) is 0 Å². The number of hydrogen-bond donors (Lipinski definition) is 2. The lowest BCUT2D eigenvalue weighted by Crippen LogP contribution is -2.28. The lowest BCUT2D eigenvalue weighted by molar-refractivity contribution is 0.0929. The van der Waals surface area contributed by atoms with Crippen molar-refractivity contribution in [2.24, 2.45) is 0 Å². The smallest absolute Gasteiger partial charge is 0.289 e. The minimum atomic E-state index is -0.304. The fraction of sp³-hybridized carbons (Fsp3) is 0.100. The predicted octanol–water partition coefficient (Wildman–Crippen LogP) is 4.27. The van der Waals surface area contributed by atoms with Crippen LogP contribution >= 0.6 is 15.9 Å². The molecular formula is C20H16BrN5O. The molecule has 1 aromatic carbocycles. The molecule has 1 amide bonds. The lowest BCUT2D eigenvalue weighted by atomic mass is 10.1. The van der Waals surface area contributed by atoms with Crippen LogP contribution in [0.4, 0.5) is 0 Å². The molecule has 3 heterocycles. The van der Waals surface area contributed by atoms with E-state index in [1.807, 2.05) is 49.5 Å². The molecule has 0 spiro atoms. The summed E-state index contributed by atoms with van der Waals surface area (Å²) < 4.78 is 0.891. The van der Waals surface area contributed by atoms with Crippen LogP contribution in [-0.2, 0) is 0 Å². The van der Waals surface area contributed by atoms with Gasteiger partial charge in [0.15, 0.2) is 0 Å². The van der Waals surface area contributed by atoms with E-state index in [-0.39, 0.29) is 17.8 Å². The second-order valence-electron chi connectivity index (χ2n) is 6.15. The van der Waals surface area contributed by atoms with Crippen LogP contribution in [0.1, 0.15) is 29.1 Å². The van der Waals surface area contributed by atoms with Gasteiger partial charge in [-0.15, -0.1) is 0 Å². The van der Waals surface area contributed by atoms with E-state index in [4.69, 9.17) is 0 Å². The minimum Gasteiger partial charge on any atom is -0.346 e. The van der Waals surface area contributed by atoms with Crippen LogP contribution in [0.5, 0.6) is 0 Å². The van der Waals surface area contributed by atoms with Crippen LogP contribution in [0, 0.1) is 0 Å². The Morgan fingerprint density at radius 1 is 1.11 bits per heavy atom. The highest BCUT2D eigenvalue weighted by Crippen LogP contribution is 2.28. The number of halogens is 1. The van der Waals surface area contributed by atoms with E-state index in [0.29, 0.717) is 0 Å². The third-order valence-corrected chi connectivity index (χ3v) is 4.74. The van der Waals surface area contributed by atoms with Crippen LogP contribution in [0.3, 0.4) is 0 Å². The number of aromatic nitrogens is 4. The number of nitrogens with one attached hydrogen (secondary N) is 2. The van der Waals surface area contributed by atoms with Crippen molar-refractivity contribution in [2.45, 2.75) is 13.0 Å². The molecule has 27 heavy (non-hydrogen) atoms. The van der Waals surface area contributed by atoms with Gasteiger partial charge in [-0.25, -0.2) is 15.0 Å². The molecule has 0 aliphatic heterocycles. The van der Waals surface area contributed by atoms with E-state index in [1.54, 1.807) is 18.6 Å². The number of carbonyl (C=O) groups is 1. The second kappa shape index (κ2) is 7.28. The number of nitrogens with zero attached hydrogens (tertiary/aromatic N) is 3. The molecule has 0 aliphatic rings. The molecule has 7 heteroatoms. The first-order valence-corrected chi connectivity index (χ1v) is 9.22. The molecule has 6 nitrogen and oxygen atoms in total. The number of pyridine rings is 1. The molecule has 0 radical (unpaired) electrons. The second-order valence-corrected chi connectivity index (χ2v) is 7.07. The Hall–Kier alpha value is -3.06. The molecule has 0 saturated carbocycles. The zero-order chi connectivity index (χ0) is 18.8. The molecule has 0 fully saturated rings. The molecule has 0 aliphatic carbocycles. The molecule has 0 bridgehead atoms. The van der Waals surface area contributed by atoms with Crippen LogP contribution < -0.4 is 5.32 Å². The van der Waals surface area contributed by atoms with Crippen LogP contribution in [0.2, 0.25) is 0 Å². The van der Waals surface area contributed by atoms with Crippen molar-refractivity contribution < 1.29 is 4.79 Å². The Labute approximate surface area is 164 Å². The van der Waals surface area contributed by atoms with Crippen LogP contribution in [0.15, 0.2) is 65.7 Å². The summed E-state index contributed by atoms with van der Waals surface area (Å²) in [6.07, 6.45) is 6.90. The number of aromatic amines is 1. The van der Waals surface area contributed by atoms with Gasteiger partial charge in [0.1, 0.15) is 5.65 Å². The third kappa shape index (κ3) is 3.59. The topological polar surface area (TPSA) is 83.6 Å². The largest absolute Gasteiger partial charge is 0.346 e. The zero-order valence-corrected chi connectivity index (χ0v) is 16.1. The van der Waals surface area contributed by atoms with Crippen LogP contribution in [-0.4, -0.2) is 25.8 Å². The van der Waals surface area contributed by atoms with Crippen LogP contribution in [0.25, 0.3) is 22.2 Å². The first kappa shape index (κ1) is 17.4. The molecule has 4 rings (SSSR count). The molecule has 3 aromatic heterocycles. The highest BCUT2D eigenvalue weighted by atomic mass is 79.9. The van der Waals surface area contributed by atoms with Gasteiger partial charge in [0.05, 0.1) is 6.04 Å². The summed E-state index contributed by atoms with van der Waals surface area (Å²) in [6.45, 7) is 1.93. The minimum absolute atomic E-state index is 0.126. The number of H-pyrrole nitrogens is 1. The zero-order valence-electron chi connectivity index (χ0n) is 14.5. The normalized spacial score (nSPS) is 12.1. The Morgan fingerprint density at radius 3 is 2.59 bits per heavy atom. The van der Waals surface area contributed by atoms with Gasteiger partial charge < -0.3 is 10.3 Å². The maximum Gasteiger partial charge on any atom is 0.289 e. The van der Waals surface area contributed by atoms with E-state index in [0.717, 1.165) is 32.2 Å². The summed E-state index contributed by atoms with van der Waals surface area (Å²) in [6, 6.07) is 11.6. The van der Waals surface area contributed by atoms with Crippen molar-refractivity contribution in [2.75, 3.05) is 0 Å². The summed E-state index contributed by atoms with van der Waals surface area (Å²) in [4.78, 5) is 28.4. The number of carbonyl (C=O) groups excluding carboxylic acids is 1. The Morgan fingerprint density at radius 2 is 1.85 bits per heavy atom. The van der Waals surface area contributed by atoms with Crippen molar-refractivity contribution in [3.8, 4) is 11.1 Å². The maximum absolute atomic E-state index is 12.4. The molecule has 1 unspecified atom stereocenters. The van der Waals surface area contributed by atoms with E-state index in [9.17, 15) is 4.79 Å². The SMILES string of the molecule is CC(NC(=O)c1ncc(-c2c[nH]c3ncc(Br)cc23)cn1)c1ccccc1. The number of fused-ring (bicyclic) bond motifs is 1. The molecule has 2 N–H and O–H groups in total. The average Bonchev–Trinajstić information content (AvgIpc) is 3.11. The first-order valence-electron chi connectivity index (χ1n) is 8.42. The summed E-state index contributed by atoms with van der Waals surface area (Å²) in [5.74, 6) is -0.165. The van der Waals surface area contributed by atoms with Gasteiger partial charge in [-0.3, -0.25) is 4.79 Å². The van der Waals surface area contributed by atoms with Gasteiger partial charge >= 0.3 is 0 Å². The summed E-state index contributed by atoms with van der Waals surface area (Å²) in [7, 11) is 0. The first-order chi connectivity index (χ1) is 13.1. The lowest BCUT2D eigenvalue weighted by Gasteiger charge is -2.13. The van der Waals surface area contributed by atoms with Gasteiger partial charge in [-0.1, -0.05) is 30.3 Å². The van der Waals surface area contributed by atoms with Crippen molar-refractivity contribution in [3.05, 3.63) is 77.0 Å². The van der Waals surface area contributed by atoms with E-state index in [1.165, 1.54) is 0 Å². The number of benzene rings is 1. The average molecular weight is 422 g/mol. The molecule has 0 saturated heterocycles. The fourth-order valence-corrected chi connectivity index (χ4v) is 3.22. The summed E-state index contributed by atoms with van der Waals surface area (Å²) >= 11 is 3.44. The summed E-state index contributed by atoms with van der Waals surface area (Å²) in [5, 5.41) is 3.88. The van der Waals surface area contributed by atoms with E-state index < -0.39 is 0 Å². The Balaban J connectivity index is 1.55. The van der Waals surface area contributed by atoms with Gasteiger partial charge in [0.25, 0.3) is 5.91 Å². The molecule has 1 atom stereocenters.